The number of benzene rings is 1. The molecule has 1 aromatic carbocycles. The molecule has 2 aromatic heterocycles. The standard InChI is InChI=1S/C16H17N5O3S/c1-23-12-4-3-11(7-13(12)24-2)8-15-19-20-16(25-15)18-14(22)9-21-6-5-17-10-21/h3-7,10H,8-9H2,1-2H3,(H,18,20,22). The second-order valence-corrected chi connectivity index (χ2v) is 6.21. The number of hydrogen-bond acceptors (Lipinski definition) is 7. The molecule has 9 heteroatoms. The lowest BCUT2D eigenvalue weighted by atomic mass is 10.1. The summed E-state index contributed by atoms with van der Waals surface area (Å²) in [5, 5.41) is 12.1. The van der Waals surface area contributed by atoms with Crippen LogP contribution in [-0.2, 0) is 17.8 Å². The number of anilines is 1. The van der Waals surface area contributed by atoms with E-state index in [0.717, 1.165) is 10.6 Å². The minimum absolute atomic E-state index is 0.174. The van der Waals surface area contributed by atoms with Crippen molar-refractivity contribution in [3.63, 3.8) is 0 Å². The number of amides is 1. The SMILES string of the molecule is COc1ccc(Cc2nnc(NC(=O)Cn3ccnc3)s2)cc1OC. The second kappa shape index (κ2) is 7.75. The molecule has 0 bridgehead atoms. The molecule has 0 spiro atoms. The summed E-state index contributed by atoms with van der Waals surface area (Å²) >= 11 is 1.34. The largest absolute Gasteiger partial charge is 0.493 e. The van der Waals surface area contributed by atoms with Crippen molar-refractivity contribution < 1.29 is 14.3 Å². The Labute approximate surface area is 148 Å². The second-order valence-electron chi connectivity index (χ2n) is 5.15. The van der Waals surface area contributed by atoms with E-state index in [9.17, 15) is 4.79 Å². The van der Waals surface area contributed by atoms with Crippen molar-refractivity contribution in [3.05, 3.63) is 47.5 Å². The maximum Gasteiger partial charge on any atom is 0.246 e. The van der Waals surface area contributed by atoms with Gasteiger partial charge in [0.05, 0.1) is 20.5 Å². The number of carbonyl (C=O) groups excluding carboxylic acids is 1. The van der Waals surface area contributed by atoms with E-state index in [-0.39, 0.29) is 12.5 Å². The molecule has 130 valence electrons. The number of carbonyl (C=O) groups is 1. The molecule has 0 saturated carbocycles. The van der Waals surface area contributed by atoms with Gasteiger partial charge in [-0.1, -0.05) is 17.4 Å². The fourth-order valence-electron chi connectivity index (χ4n) is 2.25. The van der Waals surface area contributed by atoms with Crippen LogP contribution in [0.1, 0.15) is 10.6 Å². The van der Waals surface area contributed by atoms with Crippen LogP contribution < -0.4 is 14.8 Å². The van der Waals surface area contributed by atoms with Crippen LogP contribution in [0.2, 0.25) is 0 Å². The summed E-state index contributed by atoms with van der Waals surface area (Å²) in [7, 11) is 3.20. The third-order valence-electron chi connectivity index (χ3n) is 3.40. The Morgan fingerprint density at radius 1 is 1.24 bits per heavy atom. The molecular formula is C16H17N5O3S. The average molecular weight is 359 g/mol. The van der Waals surface area contributed by atoms with Gasteiger partial charge in [0.15, 0.2) is 11.5 Å². The van der Waals surface area contributed by atoms with Crippen LogP contribution in [0.4, 0.5) is 5.13 Å². The van der Waals surface area contributed by atoms with E-state index in [2.05, 4.69) is 20.5 Å². The lowest BCUT2D eigenvalue weighted by molar-refractivity contribution is -0.116. The zero-order valence-corrected chi connectivity index (χ0v) is 14.6. The highest BCUT2D eigenvalue weighted by molar-refractivity contribution is 7.15. The Bertz CT molecular complexity index is 847. The average Bonchev–Trinajstić information content (AvgIpc) is 3.27. The van der Waals surface area contributed by atoms with Gasteiger partial charge in [-0.3, -0.25) is 10.1 Å². The lowest BCUT2D eigenvalue weighted by Crippen LogP contribution is -2.17. The molecule has 25 heavy (non-hydrogen) atoms. The predicted octanol–water partition coefficient (Wildman–Crippen LogP) is 1.98. The summed E-state index contributed by atoms with van der Waals surface area (Å²) in [4.78, 5) is 15.8. The van der Waals surface area contributed by atoms with Gasteiger partial charge in [-0.05, 0) is 17.7 Å². The summed E-state index contributed by atoms with van der Waals surface area (Å²) in [5.41, 5.74) is 1.02. The monoisotopic (exact) mass is 359 g/mol. The van der Waals surface area contributed by atoms with Crippen LogP contribution in [0.5, 0.6) is 11.5 Å². The van der Waals surface area contributed by atoms with Gasteiger partial charge in [-0.15, -0.1) is 10.2 Å². The number of aromatic nitrogens is 4. The van der Waals surface area contributed by atoms with Crippen molar-refractivity contribution in [1.29, 1.82) is 0 Å². The van der Waals surface area contributed by atoms with Crippen molar-refractivity contribution in [2.24, 2.45) is 0 Å². The zero-order chi connectivity index (χ0) is 17.6. The number of hydrogen-bond donors (Lipinski definition) is 1. The van der Waals surface area contributed by atoms with Crippen LogP contribution in [0.25, 0.3) is 0 Å². The van der Waals surface area contributed by atoms with Gasteiger partial charge in [0.2, 0.25) is 11.0 Å². The molecule has 0 radical (unpaired) electrons. The van der Waals surface area contributed by atoms with E-state index in [1.807, 2.05) is 18.2 Å². The minimum Gasteiger partial charge on any atom is -0.493 e. The van der Waals surface area contributed by atoms with Gasteiger partial charge >= 0.3 is 0 Å². The molecule has 0 atom stereocenters. The van der Waals surface area contributed by atoms with E-state index in [1.165, 1.54) is 11.3 Å². The third-order valence-corrected chi connectivity index (χ3v) is 4.24. The van der Waals surface area contributed by atoms with Gasteiger partial charge in [0, 0.05) is 18.8 Å². The lowest BCUT2D eigenvalue weighted by Gasteiger charge is -2.08. The first-order valence-electron chi connectivity index (χ1n) is 7.47. The van der Waals surface area contributed by atoms with Crippen LogP contribution in [0.15, 0.2) is 36.9 Å². The summed E-state index contributed by atoms with van der Waals surface area (Å²) in [5.74, 6) is 1.17. The summed E-state index contributed by atoms with van der Waals surface area (Å²) in [6.07, 6.45) is 5.53. The smallest absolute Gasteiger partial charge is 0.246 e. The van der Waals surface area contributed by atoms with Crippen LogP contribution in [-0.4, -0.2) is 39.9 Å². The van der Waals surface area contributed by atoms with Gasteiger partial charge in [0.1, 0.15) is 11.6 Å². The number of imidazole rings is 1. The molecule has 1 amide bonds. The van der Waals surface area contributed by atoms with Crippen molar-refractivity contribution in [2.75, 3.05) is 19.5 Å². The third kappa shape index (κ3) is 4.32. The molecule has 0 fully saturated rings. The Balaban J connectivity index is 1.62. The molecule has 3 rings (SSSR count). The number of methoxy groups -OCH3 is 2. The number of rotatable bonds is 7. The highest BCUT2D eigenvalue weighted by Gasteiger charge is 2.11. The minimum atomic E-state index is -0.174. The first-order valence-corrected chi connectivity index (χ1v) is 8.28. The Kier molecular flexibility index (Phi) is 5.24. The Morgan fingerprint density at radius 3 is 2.80 bits per heavy atom. The number of nitrogens with one attached hydrogen (secondary N) is 1. The quantitative estimate of drug-likeness (QED) is 0.694. The van der Waals surface area contributed by atoms with Gasteiger partial charge in [0.25, 0.3) is 0 Å². The maximum absolute atomic E-state index is 12.0. The van der Waals surface area contributed by atoms with Crippen molar-refractivity contribution >= 4 is 22.4 Å². The van der Waals surface area contributed by atoms with Gasteiger partial charge in [-0.25, -0.2) is 4.98 Å². The van der Waals surface area contributed by atoms with Crippen molar-refractivity contribution in [1.82, 2.24) is 19.7 Å². The molecule has 1 N–H and O–H groups in total. The molecule has 0 aliphatic heterocycles. The van der Waals surface area contributed by atoms with E-state index >= 15 is 0 Å². The highest BCUT2D eigenvalue weighted by Crippen LogP contribution is 2.29. The highest BCUT2D eigenvalue weighted by atomic mass is 32.1. The van der Waals surface area contributed by atoms with E-state index < -0.39 is 0 Å². The van der Waals surface area contributed by atoms with Crippen LogP contribution in [0, 0.1) is 0 Å². The molecule has 0 aliphatic carbocycles. The number of nitrogens with zero attached hydrogens (tertiary/aromatic N) is 4. The maximum atomic E-state index is 12.0. The first-order chi connectivity index (χ1) is 12.2. The topological polar surface area (TPSA) is 91.2 Å². The van der Waals surface area contributed by atoms with E-state index in [0.29, 0.717) is 23.1 Å². The molecule has 0 aliphatic rings. The summed E-state index contributed by atoms with van der Waals surface area (Å²) in [6.45, 7) is 0.185. The zero-order valence-electron chi connectivity index (χ0n) is 13.8. The predicted molar refractivity (Wildman–Crippen MR) is 93.1 cm³/mol. The van der Waals surface area contributed by atoms with Gasteiger partial charge < -0.3 is 14.0 Å². The molecule has 3 aromatic rings. The van der Waals surface area contributed by atoms with Gasteiger partial charge in [-0.2, -0.15) is 0 Å². The fraction of sp³-hybridized carbons (Fsp3) is 0.250. The fourth-order valence-corrected chi connectivity index (χ4v) is 3.04. The van der Waals surface area contributed by atoms with Crippen molar-refractivity contribution in [3.8, 4) is 11.5 Å². The summed E-state index contributed by atoms with van der Waals surface area (Å²) < 4.78 is 12.2. The Morgan fingerprint density at radius 2 is 2.08 bits per heavy atom. The molecule has 0 unspecified atom stereocenters. The van der Waals surface area contributed by atoms with E-state index in [1.54, 1.807) is 37.5 Å². The molecule has 0 saturated heterocycles. The Hall–Kier alpha value is -2.94. The normalized spacial score (nSPS) is 10.5. The first kappa shape index (κ1) is 16.9. The van der Waals surface area contributed by atoms with Crippen LogP contribution in [0.3, 0.4) is 0 Å². The number of ether oxygens (including phenoxy) is 2. The molecular weight excluding hydrogens is 342 g/mol. The van der Waals surface area contributed by atoms with E-state index in [4.69, 9.17) is 9.47 Å². The molecule has 8 nitrogen and oxygen atoms in total. The molecule has 2 heterocycles. The van der Waals surface area contributed by atoms with Crippen molar-refractivity contribution in [2.45, 2.75) is 13.0 Å². The summed E-state index contributed by atoms with van der Waals surface area (Å²) in [6, 6.07) is 5.70. The van der Waals surface area contributed by atoms with Crippen LogP contribution >= 0.6 is 11.3 Å².